The topological polar surface area (TPSA) is 62.5 Å². The van der Waals surface area contributed by atoms with Crippen LogP contribution >= 0.6 is 0 Å². The molecule has 5 nitrogen and oxygen atoms in total. The fourth-order valence-electron chi connectivity index (χ4n) is 2.35. The summed E-state index contributed by atoms with van der Waals surface area (Å²) in [4.78, 5) is 25.6. The molecule has 0 aromatic carbocycles. The molecule has 0 spiro atoms. The van der Waals surface area contributed by atoms with Gasteiger partial charge in [-0.05, 0) is 18.9 Å². The lowest BCUT2D eigenvalue weighted by Gasteiger charge is -2.30. The summed E-state index contributed by atoms with van der Waals surface area (Å²) in [5, 5.41) is 9.11. The Bertz CT molecular complexity index is 466. The Morgan fingerprint density at radius 3 is 2.60 bits per heavy atom. The van der Waals surface area contributed by atoms with Gasteiger partial charge in [0.1, 0.15) is 0 Å². The molecule has 0 aliphatic carbocycles. The summed E-state index contributed by atoms with van der Waals surface area (Å²) in [5.74, 6) is -0.0106. The van der Waals surface area contributed by atoms with Gasteiger partial charge in [0.2, 0.25) is 5.91 Å². The molecule has 5 heteroatoms. The maximum atomic E-state index is 12.3. The molecular formula is C15H24N2O3. The van der Waals surface area contributed by atoms with E-state index in [4.69, 9.17) is 5.11 Å². The molecule has 1 aromatic rings. The molecule has 0 radical (unpaired) electrons. The van der Waals surface area contributed by atoms with Crippen molar-refractivity contribution >= 4 is 5.91 Å². The highest BCUT2D eigenvalue weighted by Crippen LogP contribution is 2.10. The molecular weight excluding hydrogens is 256 g/mol. The van der Waals surface area contributed by atoms with Crippen LogP contribution in [0.1, 0.15) is 33.1 Å². The largest absolute Gasteiger partial charge is 0.395 e. The number of aromatic nitrogens is 1. The Balaban J connectivity index is 2.67. The van der Waals surface area contributed by atoms with Gasteiger partial charge in [-0.25, -0.2) is 0 Å². The molecule has 0 saturated carbocycles. The number of aliphatic hydroxyl groups excluding tert-OH is 1. The molecule has 1 aromatic heterocycles. The maximum absolute atomic E-state index is 12.3. The Labute approximate surface area is 119 Å². The third kappa shape index (κ3) is 4.49. The van der Waals surface area contributed by atoms with Crippen LogP contribution in [0.25, 0.3) is 0 Å². The summed E-state index contributed by atoms with van der Waals surface area (Å²) in [5.41, 5.74) is -0.100. The van der Waals surface area contributed by atoms with E-state index < -0.39 is 0 Å². The molecule has 0 atom stereocenters. The second-order valence-corrected chi connectivity index (χ2v) is 4.76. The Hall–Kier alpha value is -1.62. The average Bonchev–Trinajstić information content (AvgIpc) is 2.46. The molecule has 0 bridgehead atoms. The molecule has 0 saturated heterocycles. The van der Waals surface area contributed by atoms with E-state index in [0.717, 1.165) is 12.8 Å². The number of amides is 1. The summed E-state index contributed by atoms with van der Waals surface area (Å²) in [6.07, 6.45) is 3.70. The summed E-state index contributed by atoms with van der Waals surface area (Å²) in [6.45, 7) is 4.77. The fraction of sp³-hybridized carbons (Fsp3) is 0.600. The first-order chi connectivity index (χ1) is 9.63. The average molecular weight is 280 g/mol. The van der Waals surface area contributed by atoms with Crippen molar-refractivity contribution in [3.05, 3.63) is 34.7 Å². The lowest BCUT2D eigenvalue weighted by molar-refractivity contribution is -0.134. The van der Waals surface area contributed by atoms with Gasteiger partial charge in [-0.3, -0.25) is 9.59 Å². The molecule has 1 amide bonds. The highest BCUT2D eigenvalue weighted by atomic mass is 16.3. The predicted octanol–water partition coefficient (Wildman–Crippen LogP) is 1.25. The number of pyridine rings is 1. The fourth-order valence-corrected chi connectivity index (χ4v) is 2.35. The first-order valence-electron chi connectivity index (χ1n) is 7.19. The zero-order valence-corrected chi connectivity index (χ0v) is 12.3. The van der Waals surface area contributed by atoms with Gasteiger partial charge >= 0.3 is 0 Å². The smallest absolute Gasteiger partial charge is 0.250 e. The summed E-state index contributed by atoms with van der Waals surface area (Å²) in [6, 6.07) is 5.10. The van der Waals surface area contributed by atoms with Crippen LogP contribution in [-0.2, 0) is 11.3 Å². The number of nitrogens with zero attached hydrogens (tertiary/aromatic N) is 2. The van der Waals surface area contributed by atoms with Crippen LogP contribution in [0.4, 0.5) is 0 Å². The van der Waals surface area contributed by atoms with Crippen LogP contribution in [-0.4, -0.2) is 39.7 Å². The third-order valence-electron chi connectivity index (χ3n) is 3.51. The number of rotatable bonds is 8. The van der Waals surface area contributed by atoms with Crippen LogP contribution in [0, 0.1) is 0 Å². The number of aliphatic hydroxyl groups is 1. The van der Waals surface area contributed by atoms with E-state index in [-0.39, 0.29) is 30.5 Å². The van der Waals surface area contributed by atoms with Gasteiger partial charge in [0, 0.05) is 37.8 Å². The first kappa shape index (κ1) is 16.4. The van der Waals surface area contributed by atoms with E-state index in [1.54, 1.807) is 23.2 Å². The van der Waals surface area contributed by atoms with Gasteiger partial charge in [0.25, 0.3) is 5.56 Å². The van der Waals surface area contributed by atoms with Crippen molar-refractivity contribution in [2.24, 2.45) is 0 Å². The molecule has 0 unspecified atom stereocenters. The molecule has 0 aliphatic heterocycles. The van der Waals surface area contributed by atoms with Crippen molar-refractivity contribution in [1.29, 1.82) is 0 Å². The van der Waals surface area contributed by atoms with E-state index in [2.05, 4.69) is 0 Å². The van der Waals surface area contributed by atoms with Gasteiger partial charge in [0.05, 0.1) is 6.61 Å². The van der Waals surface area contributed by atoms with Gasteiger partial charge < -0.3 is 14.6 Å². The summed E-state index contributed by atoms with van der Waals surface area (Å²) >= 11 is 0. The van der Waals surface area contributed by atoms with Crippen LogP contribution in [0.15, 0.2) is 29.2 Å². The van der Waals surface area contributed by atoms with Gasteiger partial charge in [-0.1, -0.05) is 19.9 Å². The molecule has 112 valence electrons. The summed E-state index contributed by atoms with van der Waals surface area (Å²) in [7, 11) is 0. The van der Waals surface area contributed by atoms with E-state index in [0.29, 0.717) is 13.1 Å². The van der Waals surface area contributed by atoms with Crippen LogP contribution in [0.5, 0.6) is 0 Å². The van der Waals surface area contributed by atoms with E-state index in [1.807, 2.05) is 13.8 Å². The zero-order chi connectivity index (χ0) is 15.0. The molecule has 20 heavy (non-hydrogen) atoms. The molecule has 0 fully saturated rings. The molecule has 0 aliphatic rings. The number of carbonyl (C=O) groups excluding carboxylic acids is 1. The Morgan fingerprint density at radius 2 is 2.05 bits per heavy atom. The highest BCUT2D eigenvalue weighted by Gasteiger charge is 2.20. The predicted molar refractivity (Wildman–Crippen MR) is 78.5 cm³/mol. The second kappa shape index (κ2) is 8.53. The monoisotopic (exact) mass is 280 g/mol. The van der Waals surface area contributed by atoms with Crippen LogP contribution < -0.4 is 5.56 Å². The van der Waals surface area contributed by atoms with E-state index in [9.17, 15) is 9.59 Å². The van der Waals surface area contributed by atoms with Crippen molar-refractivity contribution in [2.75, 3.05) is 13.2 Å². The van der Waals surface area contributed by atoms with E-state index in [1.165, 1.54) is 10.6 Å². The SMILES string of the molecule is CCC(CC)N(CCO)C(=O)CCn1ccccc1=O. The van der Waals surface area contributed by atoms with Crippen molar-refractivity contribution in [3.63, 3.8) is 0 Å². The van der Waals surface area contributed by atoms with Gasteiger partial charge in [0.15, 0.2) is 0 Å². The Kier molecular flexibility index (Phi) is 7.01. The number of carbonyl (C=O) groups is 1. The van der Waals surface area contributed by atoms with Crippen molar-refractivity contribution < 1.29 is 9.90 Å². The third-order valence-corrected chi connectivity index (χ3v) is 3.51. The summed E-state index contributed by atoms with van der Waals surface area (Å²) < 4.78 is 1.53. The van der Waals surface area contributed by atoms with Crippen molar-refractivity contribution in [1.82, 2.24) is 9.47 Å². The van der Waals surface area contributed by atoms with Crippen LogP contribution in [0.3, 0.4) is 0 Å². The van der Waals surface area contributed by atoms with Gasteiger partial charge in [-0.15, -0.1) is 0 Å². The van der Waals surface area contributed by atoms with Crippen LogP contribution in [0.2, 0.25) is 0 Å². The second-order valence-electron chi connectivity index (χ2n) is 4.76. The molecule has 1 N–H and O–H groups in total. The molecule has 1 heterocycles. The minimum absolute atomic E-state index is 0.0106. The van der Waals surface area contributed by atoms with Gasteiger partial charge in [-0.2, -0.15) is 0 Å². The number of hydrogen-bond donors (Lipinski definition) is 1. The van der Waals surface area contributed by atoms with Crippen molar-refractivity contribution in [3.8, 4) is 0 Å². The zero-order valence-electron chi connectivity index (χ0n) is 12.3. The lowest BCUT2D eigenvalue weighted by atomic mass is 10.1. The maximum Gasteiger partial charge on any atom is 0.250 e. The number of hydrogen-bond acceptors (Lipinski definition) is 3. The first-order valence-corrected chi connectivity index (χ1v) is 7.19. The quantitative estimate of drug-likeness (QED) is 0.779. The highest BCUT2D eigenvalue weighted by molar-refractivity contribution is 5.76. The minimum atomic E-state index is -0.100. The number of aryl methyl sites for hydroxylation is 1. The lowest BCUT2D eigenvalue weighted by Crippen LogP contribution is -2.42. The normalized spacial score (nSPS) is 10.8. The molecule has 1 rings (SSSR count). The van der Waals surface area contributed by atoms with Crippen molar-refractivity contribution in [2.45, 2.75) is 45.7 Å². The van der Waals surface area contributed by atoms with E-state index >= 15 is 0 Å². The Morgan fingerprint density at radius 1 is 1.35 bits per heavy atom. The minimum Gasteiger partial charge on any atom is -0.395 e. The standard InChI is InChI=1S/C15H24N2O3/c1-3-13(4-2)17(11-12-18)15(20)8-10-16-9-6-5-7-14(16)19/h5-7,9,13,18H,3-4,8,10-12H2,1-2H3.